The summed E-state index contributed by atoms with van der Waals surface area (Å²) in [6.45, 7) is 4.22. The van der Waals surface area contributed by atoms with Gasteiger partial charge in [-0.3, -0.25) is 14.5 Å². The molecule has 0 unspecified atom stereocenters. The van der Waals surface area contributed by atoms with Crippen LogP contribution < -0.4 is 10.1 Å². The Labute approximate surface area is 188 Å². The molecule has 1 N–H and O–H groups in total. The number of piperazine rings is 1. The molecule has 174 valence electrons. The number of hydrogen-bond acceptors (Lipinski definition) is 6. The molecular weight excluding hydrogens is 410 g/mol. The highest BCUT2D eigenvalue weighted by Crippen LogP contribution is 2.33. The van der Waals surface area contributed by atoms with Gasteiger partial charge in [-0.05, 0) is 43.9 Å². The second-order valence-electron chi connectivity index (χ2n) is 8.51. The lowest BCUT2D eigenvalue weighted by molar-refractivity contribution is -0.135. The van der Waals surface area contributed by atoms with Gasteiger partial charge in [0.1, 0.15) is 17.1 Å². The van der Waals surface area contributed by atoms with Crippen LogP contribution in [0.1, 0.15) is 30.6 Å². The molecule has 0 saturated carbocycles. The molecule has 1 saturated heterocycles. The van der Waals surface area contributed by atoms with Crippen LogP contribution in [0.4, 0.5) is 0 Å². The van der Waals surface area contributed by atoms with Gasteiger partial charge in [0.15, 0.2) is 6.61 Å². The predicted octanol–water partition coefficient (Wildman–Crippen LogP) is 1.99. The molecule has 0 spiro atoms. The lowest BCUT2D eigenvalue weighted by Crippen LogP contribution is -2.52. The number of carbonyl (C=O) groups is 2. The molecule has 8 heteroatoms. The third-order valence-electron chi connectivity index (χ3n) is 6.23. The molecule has 2 aromatic rings. The van der Waals surface area contributed by atoms with Gasteiger partial charge in [0.05, 0.1) is 6.54 Å². The number of fused-ring (bicyclic) bond motifs is 3. The van der Waals surface area contributed by atoms with Crippen molar-refractivity contribution in [1.82, 2.24) is 15.1 Å². The summed E-state index contributed by atoms with van der Waals surface area (Å²) < 4.78 is 16.8. The average Bonchev–Trinajstić information content (AvgIpc) is 3.19. The zero-order valence-electron chi connectivity index (χ0n) is 18.9. The van der Waals surface area contributed by atoms with Crippen LogP contribution in [0.5, 0.6) is 5.75 Å². The van der Waals surface area contributed by atoms with Crippen LogP contribution in [0.2, 0.25) is 0 Å². The van der Waals surface area contributed by atoms with Crippen molar-refractivity contribution in [3.05, 3.63) is 29.5 Å². The van der Waals surface area contributed by atoms with Crippen LogP contribution in [-0.2, 0) is 27.2 Å². The van der Waals surface area contributed by atoms with Crippen molar-refractivity contribution in [2.24, 2.45) is 0 Å². The predicted molar refractivity (Wildman–Crippen MR) is 121 cm³/mol. The van der Waals surface area contributed by atoms with E-state index in [1.807, 2.05) is 23.1 Å². The van der Waals surface area contributed by atoms with Gasteiger partial charge in [-0.2, -0.15) is 0 Å². The molecular formula is C24H33N3O5. The molecule has 0 bridgehead atoms. The number of methoxy groups -OCH3 is 1. The lowest BCUT2D eigenvalue weighted by atomic mass is 9.96. The Morgan fingerprint density at radius 3 is 2.75 bits per heavy atom. The van der Waals surface area contributed by atoms with E-state index >= 15 is 0 Å². The Morgan fingerprint density at radius 2 is 1.94 bits per heavy atom. The summed E-state index contributed by atoms with van der Waals surface area (Å²) in [6.07, 6.45) is 5.21. The van der Waals surface area contributed by atoms with Crippen molar-refractivity contribution in [2.45, 2.75) is 32.1 Å². The topological polar surface area (TPSA) is 84.2 Å². The first-order chi connectivity index (χ1) is 15.6. The van der Waals surface area contributed by atoms with Gasteiger partial charge < -0.3 is 24.1 Å². The van der Waals surface area contributed by atoms with Gasteiger partial charge in [0.25, 0.3) is 5.91 Å². The van der Waals surface area contributed by atoms with Crippen molar-refractivity contribution in [1.29, 1.82) is 0 Å². The Morgan fingerprint density at radius 1 is 1.12 bits per heavy atom. The maximum Gasteiger partial charge on any atom is 0.260 e. The fourth-order valence-corrected chi connectivity index (χ4v) is 4.43. The molecule has 32 heavy (non-hydrogen) atoms. The maximum absolute atomic E-state index is 12.6. The summed E-state index contributed by atoms with van der Waals surface area (Å²) >= 11 is 0. The summed E-state index contributed by atoms with van der Waals surface area (Å²) in [7, 11) is 1.65. The number of amides is 2. The van der Waals surface area contributed by atoms with Gasteiger partial charge in [0.2, 0.25) is 5.91 Å². The first-order valence-electron chi connectivity index (χ1n) is 11.6. The van der Waals surface area contributed by atoms with E-state index in [1.165, 1.54) is 18.4 Å². The van der Waals surface area contributed by atoms with E-state index in [2.05, 4.69) is 10.2 Å². The third kappa shape index (κ3) is 5.61. The van der Waals surface area contributed by atoms with Gasteiger partial charge in [-0.1, -0.05) is 0 Å². The molecule has 0 atom stereocenters. The van der Waals surface area contributed by atoms with Gasteiger partial charge in [-0.25, -0.2) is 0 Å². The Balaban J connectivity index is 1.21. The Kier molecular flexibility index (Phi) is 7.65. The quantitative estimate of drug-likeness (QED) is 0.597. The minimum Gasteiger partial charge on any atom is -0.484 e. The second kappa shape index (κ2) is 10.8. The zero-order chi connectivity index (χ0) is 22.3. The molecule has 1 aromatic carbocycles. The smallest absolute Gasteiger partial charge is 0.260 e. The monoisotopic (exact) mass is 443 g/mol. The van der Waals surface area contributed by atoms with Gasteiger partial charge in [-0.15, -0.1) is 0 Å². The number of furan rings is 1. The van der Waals surface area contributed by atoms with Crippen LogP contribution in [0.3, 0.4) is 0 Å². The first kappa shape index (κ1) is 22.6. The molecule has 0 radical (unpaired) electrons. The number of hydrogen-bond donors (Lipinski definition) is 1. The van der Waals surface area contributed by atoms with Crippen molar-refractivity contribution in [3.8, 4) is 5.75 Å². The third-order valence-corrected chi connectivity index (χ3v) is 6.23. The fraction of sp³-hybridized carbons (Fsp3) is 0.583. The number of nitrogens with zero attached hydrogens (tertiary/aromatic N) is 2. The summed E-state index contributed by atoms with van der Waals surface area (Å²) in [4.78, 5) is 28.5. The highest BCUT2D eigenvalue weighted by Gasteiger charge is 2.23. The van der Waals surface area contributed by atoms with E-state index in [0.717, 1.165) is 36.0 Å². The number of carbonyl (C=O) groups excluding carboxylic acids is 2. The standard InChI is InChI=1S/C24H33N3O5/c1-30-14-4-9-25-23(28)16-26-10-12-27(13-11-26)24(29)17-31-18-7-8-22-20(15-18)19-5-2-3-6-21(19)32-22/h7-8,15H,2-6,9-14,16-17H2,1H3,(H,25,28). The van der Waals surface area contributed by atoms with E-state index in [1.54, 1.807) is 7.11 Å². The number of nitrogens with one attached hydrogen (secondary N) is 1. The highest BCUT2D eigenvalue weighted by atomic mass is 16.5. The number of aryl methyl sites for hydroxylation is 2. The second-order valence-corrected chi connectivity index (χ2v) is 8.51. The summed E-state index contributed by atoms with van der Waals surface area (Å²) in [5.41, 5.74) is 2.19. The lowest BCUT2D eigenvalue weighted by Gasteiger charge is -2.34. The molecule has 2 aliphatic rings. The Hall–Kier alpha value is -2.58. The normalized spacial score (nSPS) is 16.7. The molecule has 2 heterocycles. The van der Waals surface area contributed by atoms with E-state index in [-0.39, 0.29) is 18.4 Å². The van der Waals surface area contributed by atoms with Crippen LogP contribution in [-0.4, -0.2) is 81.2 Å². The van der Waals surface area contributed by atoms with Crippen LogP contribution >= 0.6 is 0 Å². The minimum atomic E-state index is -0.0250. The molecule has 4 rings (SSSR count). The Bertz CT molecular complexity index is 933. The van der Waals surface area contributed by atoms with Crippen LogP contribution in [0.15, 0.2) is 22.6 Å². The maximum atomic E-state index is 12.6. The van der Waals surface area contributed by atoms with E-state index < -0.39 is 0 Å². The van der Waals surface area contributed by atoms with Crippen LogP contribution in [0.25, 0.3) is 11.0 Å². The molecule has 1 fully saturated rings. The summed E-state index contributed by atoms with van der Waals surface area (Å²) in [6, 6.07) is 5.81. The molecule has 1 aliphatic heterocycles. The molecule has 2 amide bonds. The molecule has 8 nitrogen and oxygen atoms in total. The average molecular weight is 444 g/mol. The van der Waals surface area contributed by atoms with E-state index in [4.69, 9.17) is 13.9 Å². The van der Waals surface area contributed by atoms with Crippen molar-refractivity contribution >= 4 is 22.8 Å². The number of rotatable bonds is 9. The minimum absolute atomic E-state index is 0.0149. The van der Waals surface area contributed by atoms with E-state index in [9.17, 15) is 9.59 Å². The largest absolute Gasteiger partial charge is 0.484 e. The fourth-order valence-electron chi connectivity index (χ4n) is 4.43. The van der Waals surface area contributed by atoms with Crippen molar-refractivity contribution in [3.63, 3.8) is 0 Å². The summed E-state index contributed by atoms with van der Waals surface area (Å²) in [5, 5.41) is 4.01. The highest BCUT2D eigenvalue weighted by molar-refractivity contribution is 5.84. The van der Waals surface area contributed by atoms with Crippen molar-refractivity contribution in [2.75, 3.05) is 59.6 Å². The SMILES string of the molecule is COCCCNC(=O)CN1CCN(C(=O)COc2ccc3oc4c(c3c2)CCCC4)CC1. The van der Waals surface area contributed by atoms with Gasteiger partial charge >= 0.3 is 0 Å². The number of ether oxygens (including phenoxy) is 2. The van der Waals surface area contributed by atoms with Gasteiger partial charge in [0, 0.05) is 63.8 Å². The van der Waals surface area contributed by atoms with Crippen LogP contribution in [0, 0.1) is 0 Å². The number of benzene rings is 1. The molecule has 1 aliphatic carbocycles. The van der Waals surface area contributed by atoms with E-state index in [0.29, 0.717) is 51.6 Å². The summed E-state index contributed by atoms with van der Waals surface area (Å²) in [5.74, 6) is 1.79. The molecule has 1 aromatic heterocycles. The zero-order valence-corrected chi connectivity index (χ0v) is 18.9. The first-order valence-corrected chi connectivity index (χ1v) is 11.6. The van der Waals surface area contributed by atoms with Crippen molar-refractivity contribution < 1.29 is 23.5 Å².